The van der Waals surface area contributed by atoms with Crippen molar-refractivity contribution in [1.29, 1.82) is 0 Å². The third-order valence-corrected chi connectivity index (χ3v) is 3.36. The number of hydrogen-bond donors (Lipinski definition) is 0. The van der Waals surface area contributed by atoms with Crippen LogP contribution in [0.15, 0.2) is 0 Å². The van der Waals surface area contributed by atoms with Gasteiger partial charge in [0.2, 0.25) is 6.54 Å². The topological polar surface area (TPSA) is 14.1 Å². The Labute approximate surface area is 92.2 Å². The van der Waals surface area contributed by atoms with Gasteiger partial charge in [-0.3, -0.25) is 4.90 Å². The normalized spacial score (nSPS) is 25.5. The fraction of sp³-hybridized carbons (Fsp3) is 0.909. The lowest BCUT2D eigenvalue weighted by molar-refractivity contribution is -0.0393. The highest BCUT2D eigenvalue weighted by atomic mass is 15.6. The number of hydrazine groups is 1. The van der Waals surface area contributed by atoms with Crippen molar-refractivity contribution >= 4 is 0 Å². The van der Waals surface area contributed by atoms with Gasteiger partial charge in [-0.2, -0.15) is 0 Å². The number of nitrogens with zero attached hydrogens (tertiary/aromatic N) is 4. The Morgan fingerprint density at radius 3 is 2.07 bits per heavy atom. The molecule has 0 aromatic rings. The number of hydrogen-bond acceptors (Lipinski definition) is 3. The summed E-state index contributed by atoms with van der Waals surface area (Å²) in [4.78, 5) is 5.82. The summed E-state index contributed by atoms with van der Waals surface area (Å²) in [5, 5.41) is 5.01. The standard InChI is InChI=1S/C11H20N4/c1-12-4-7-13-8-10-15(11-9-13)14-5-2-3-6-14/h2-11H2. The van der Waals surface area contributed by atoms with E-state index in [1.807, 2.05) is 0 Å². The van der Waals surface area contributed by atoms with Gasteiger partial charge in [-0.1, -0.05) is 0 Å². The summed E-state index contributed by atoms with van der Waals surface area (Å²) in [5.41, 5.74) is 0. The van der Waals surface area contributed by atoms with E-state index >= 15 is 0 Å². The summed E-state index contributed by atoms with van der Waals surface area (Å²) in [6.07, 6.45) is 2.72. The van der Waals surface area contributed by atoms with E-state index in [-0.39, 0.29) is 0 Å². The van der Waals surface area contributed by atoms with Gasteiger partial charge in [-0.05, 0) is 12.8 Å². The first-order valence-electron chi connectivity index (χ1n) is 5.95. The minimum atomic E-state index is 0.656. The van der Waals surface area contributed by atoms with Crippen molar-refractivity contribution in [2.24, 2.45) is 0 Å². The Hall–Kier alpha value is -0.630. The molecule has 0 amide bonds. The smallest absolute Gasteiger partial charge is 0.227 e. The Balaban J connectivity index is 1.69. The molecule has 0 aromatic carbocycles. The lowest BCUT2D eigenvalue weighted by Gasteiger charge is -2.38. The molecule has 2 saturated heterocycles. The molecule has 0 atom stereocenters. The molecule has 0 aromatic heterocycles. The molecule has 0 bridgehead atoms. The highest BCUT2D eigenvalue weighted by molar-refractivity contribution is 4.75. The Morgan fingerprint density at radius 1 is 0.867 bits per heavy atom. The van der Waals surface area contributed by atoms with Gasteiger partial charge in [-0.25, -0.2) is 16.6 Å². The molecular weight excluding hydrogens is 188 g/mol. The van der Waals surface area contributed by atoms with Gasteiger partial charge in [0.25, 0.3) is 0 Å². The summed E-state index contributed by atoms with van der Waals surface area (Å²) in [5.74, 6) is 0. The summed E-state index contributed by atoms with van der Waals surface area (Å²) < 4.78 is 0. The molecule has 2 aliphatic rings. The van der Waals surface area contributed by atoms with Crippen LogP contribution in [0.2, 0.25) is 0 Å². The second kappa shape index (κ2) is 5.45. The fourth-order valence-corrected chi connectivity index (χ4v) is 2.42. The molecule has 84 valence electrons. The summed E-state index contributed by atoms with van der Waals surface area (Å²) >= 11 is 0. The van der Waals surface area contributed by atoms with E-state index < -0.39 is 0 Å². The van der Waals surface area contributed by atoms with Crippen LogP contribution in [0.5, 0.6) is 0 Å². The molecule has 2 rings (SSSR count). The molecule has 0 radical (unpaired) electrons. The molecule has 0 unspecified atom stereocenters. The zero-order valence-electron chi connectivity index (χ0n) is 9.36. The van der Waals surface area contributed by atoms with Crippen molar-refractivity contribution < 1.29 is 0 Å². The molecular formula is C11H20N4. The monoisotopic (exact) mass is 208 g/mol. The van der Waals surface area contributed by atoms with E-state index in [4.69, 9.17) is 6.57 Å². The van der Waals surface area contributed by atoms with Crippen LogP contribution < -0.4 is 0 Å². The van der Waals surface area contributed by atoms with Crippen LogP contribution in [-0.4, -0.2) is 67.3 Å². The molecule has 15 heavy (non-hydrogen) atoms. The first kappa shape index (κ1) is 10.9. The van der Waals surface area contributed by atoms with Crippen LogP contribution in [0, 0.1) is 6.57 Å². The number of rotatable bonds is 3. The largest absolute Gasteiger partial charge is 0.316 e. The van der Waals surface area contributed by atoms with Gasteiger partial charge >= 0.3 is 0 Å². The Kier molecular flexibility index (Phi) is 3.95. The molecule has 4 heteroatoms. The molecule has 0 spiro atoms. The first-order chi connectivity index (χ1) is 7.40. The maximum absolute atomic E-state index is 6.78. The van der Waals surface area contributed by atoms with E-state index in [9.17, 15) is 0 Å². The van der Waals surface area contributed by atoms with Gasteiger partial charge in [0.15, 0.2) is 0 Å². The predicted octanol–water partition coefficient (Wildman–Crippen LogP) is 0.534. The van der Waals surface area contributed by atoms with Crippen molar-refractivity contribution in [2.75, 3.05) is 52.4 Å². The molecule has 2 aliphatic heterocycles. The Morgan fingerprint density at radius 2 is 1.47 bits per heavy atom. The summed E-state index contributed by atoms with van der Waals surface area (Å²) in [7, 11) is 0. The lowest BCUT2D eigenvalue weighted by atomic mass is 10.3. The van der Waals surface area contributed by atoms with E-state index in [2.05, 4.69) is 19.8 Å². The van der Waals surface area contributed by atoms with Crippen molar-refractivity contribution in [3.8, 4) is 0 Å². The zero-order valence-corrected chi connectivity index (χ0v) is 9.36. The van der Waals surface area contributed by atoms with Crippen LogP contribution in [0.25, 0.3) is 4.85 Å². The highest BCUT2D eigenvalue weighted by Gasteiger charge is 2.23. The molecule has 4 nitrogen and oxygen atoms in total. The zero-order chi connectivity index (χ0) is 10.5. The third kappa shape index (κ3) is 2.91. The molecule has 2 fully saturated rings. The summed E-state index contributed by atoms with van der Waals surface area (Å²) in [6.45, 7) is 15.5. The van der Waals surface area contributed by atoms with Crippen LogP contribution >= 0.6 is 0 Å². The molecule has 0 N–H and O–H groups in total. The highest BCUT2D eigenvalue weighted by Crippen LogP contribution is 2.13. The average molecular weight is 208 g/mol. The van der Waals surface area contributed by atoms with Crippen LogP contribution in [-0.2, 0) is 0 Å². The van der Waals surface area contributed by atoms with E-state index in [0.29, 0.717) is 6.54 Å². The van der Waals surface area contributed by atoms with Crippen LogP contribution in [0.4, 0.5) is 0 Å². The van der Waals surface area contributed by atoms with E-state index in [0.717, 1.165) is 32.7 Å². The van der Waals surface area contributed by atoms with Crippen molar-refractivity contribution in [3.05, 3.63) is 11.4 Å². The van der Waals surface area contributed by atoms with Crippen LogP contribution in [0.3, 0.4) is 0 Å². The van der Waals surface area contributed by atoms with Crippen molar-refractivity contribution in [3.63, 3.8) is 0 Å². The van der Waals surface area contributed by atoms with E-state index in [1.54, 1.807) is 0 Å². The number of piperazine rings is 1. The maximum Gasteiger partial charge on any atom is 0.227 e. The Bertz CT molecular complexity index is 221. The minimum absolute atomic E-state index is 0.656. The summed E-state index contributed by atoms with van der Waals surface area (Å²) in [6, 6.07) is 0. The second-order valence-electron chi connectivity index (χ2n) is 4.34. The lowest BCUT2D eigenvalue weighted by Crippen LogP contribution is -2.53. The molecule has 0 aliphatic carbocycles. The van der Waals surface area contributed by atoms with Gasteiger partial charge in [0.05, 0.1) is 6.54 Å². The van der Waals surface area contributed by atoms with E-state index in [1.165, 1.54) is 25.9 Å². The first-order valence-corrected chi connectivity index (χ1v) is 5.95. The molecule has 0 saturated carbocycles. The fourth-order valence-electron chi connectivity index (χ4n) is 2.42. The van der Waals surface area contributed by atoms with Gasteiger partial charge in [0.1, 0.15) is 0 Å². The maximum atomic E-state index is 6.78. The average Bonchev–Trinajstić information content (AvgIpc) is 2.80. The molecule has 2 heterocycles. The predicted molar refractivity (Wildman–Crippen MR) is 60.3 cm³/mol. The SMILES string of the molecule is [C-]#[N+]CCN1CCN(N2CCCC2)CC1. The second-order valence-corrected chi connectivity index (χ2v) is 4.34. The van der Waals surface area contributed by atoms with Crippen molar-refractivity contribution in [2.45, 2.75) is 12.8 Å². The van der Waals surface area contributed by atoms with Crippen molar-refractivity contribution in [1.82, 2.24) is 14.9 Å². The third-order valence-electron chi connectivity index (χ3n) is 3.36. The quantitative estimate of drug-likeness (QED) is 0.629. The van der Waals surface area contributed by atoms with Gasteiger partial charge < -0.3 is 4.85 Å². The van der Waals surface area contributed by atoms with Gasteiger partial charge in [-0.15, -0.1) is 0 Å². The van der Waals surface area contributed by atoms with Crippen LogP contribution in [0.1, 0.15) is 12.8 Å². The minimum Gasteiger partial charge on any atom is -0.316 e. The van der Waals surface area contributed by atoms with Gasteiger partial charge in [0, 0.05) is 39.3 Å².